The molecular weight excluding hydrogens is 1120 g/mol. The molecule has 2 aromatic carbocycles. The zero-order valence-electron chi connectivity index (χ0n) is 58.3. The van der Waals surface area contributed by atoms with E-state index in [9.17, 15) is 5.53 Å². The molecule has 0 N–H and O–H groups in total. The van der Waals surface area contributed by atoms with Crippen molar-refractivity contribution >= 4 is 11.4 Å². The molecule has 85 heavy (non-hydrogen) atoms. The molecule has 0 fully saturated rings. The van der Waals surface area contributed by atoms with Gasteiger partial charge in [0.15, 0.2) is 0 Å². The van der Waals surface area contributed by atoms with Gasteiger partial charge in [0.05, 0.1) is 0 Å². The van der Waals surface area contributed by atoms with E-state index in [1.165, 1.54) is 361 Å². The minimum atomic E-state index is 0. The summed E-state index contributed by atoms with van der Waals surface area (Å²) in [6.45, 7) is 21.4. The standard InChI is InChI=1S/C34H48N2.2C24H49.Pd/c1-5-9-13-17-29-22-30(18-14-10-6-2)26-32(25-29)34-20-19-33(36(34)35)31-23-27(15-11-7-3)21-28(24-31)16-12-8-4;2*1-3-5-7-9-11-13-15-17-19-21-23-24-22-20-18-16-14-12-10-8-6-4-2;/h19-26H,5-18H2,1-4H3;2*1,3-24H2,2H3;/q;2*-1;+2. The predicted octanol–water partition coefficient (Wildman–Crippen LogP) is 29.1. The molecule has 0 unspecified atom stereocenters. The van der Waals surface area contributed by atoms with Crippen molar-refractivity contribution in [1.82, 2.24) is 0 Å². The maximum atomic E-state index is 11.4. The van der Waals surface area contributed by atoms with Gasteiger partial charge in [0.1, 0.15) is 0 Å². The normalized spacial score (nSPS) is 12.0. The van der Waals surface area contributed by atoms with Crippen LogP contribution in [0.15, 0.2) is 48.6 Å². The first-order chi connectivity index (χ1) is 41.4. The van der Waals surface area contributed by atoms with Crippen molar-refractivity contribution in [3.05, 3.63) is 101 Å². The van der Waals surface area contributed by atoms with Crippen LogP contribution in [0.3, 0.4) is 0 Å². The van der Waals surface area contributed by atoms with Crippen LogP contribution in [0.5, 0.6) is 0 Å². The van der Waals surface area contributed by atoms with Gasteiger partial charge in [0.25, 0.3) is 0 Å². The van der Waals surface area contributed by atoms with Crippen LogP contribution in [0.1, 0.15) is 422 Å². The summed E-state index contributed by atoms with van der Waals surface area (Å²) >= 11 is 0. The number of allylic oxidation sites excluding steroid dienone is 2. The molecule has 3 rings (SSSR count). The second-order valence-electron chi connectivity index (χ2n) is 26.5. The quantitative estimate of drug-likeness (QED) is 0.0273. The number of hydrogen-bond donors (Lipinski definition) is 0. The molecule has 1 aliphatic heterocycles. The van der Waals surface area contributed by atoms with Gasteiger partial charge in [-0.05, 0) is 97.9 Å². The Labute approximate surface area is 548 Å². The topological polar surface area (TPSA) is 25.3 Å². The molecule has 494 valence electrons. The van der Waals surface area contributed by atoms with Gasteiger partial charge in [-0.25, -0.2) is 4.70 Å². The van der Waals surface area contributed by atoms with E-state index in [0.717, 1.165) is 61.0 Å². The molecule has 0 atom stereocenters. The van der Waals surface area contributed by atoms with Crippen molar-refractivity contribution < 1.29 is 25.1 Å². The van der Waals surface area contributed by atoms with Crippen LogP contribution in [0.2, 0.25) is 0 Å². The predicted molar refractivity (Wildman–Crippen MR) is 381 cm³/mol. The van der Waals surface area contributed by atoms with Crippen molar-refractivity contribution in [1.29, 1.82) is 0 Å². The number of unbranched alkanes of at least 4 members (excludes halogenated alkanes) is 48. The summed E-state index contributed by atoms with van der Waals surface area (Å²) in [6, 6.07) is 14.0. The Morgan fingerprint density at radius 2 is 0.424 bits per heavy atom. The van der Waals surface area contributed by atoms with Crippen LogP contribution in [-0.2, 0) is 46.1 Å². The minimum Gasteiger partial charge on any atom is -0.493 e. The average molecular weight is 1270 g/mol. The van der Waals surface area contributed by atoms with Crippen LogP contribution in [0, 0.1) is 13.8 Å². The molecule has 0 aromatic heterocycles. The zero-order valence-corrected chi connectivity index (χ0v) is 59.8. The fourth-order valence-corrected chi connectivity index (χ4v) is 12.4. The molecule has 2 nitrogen and oxygen atoms in total. The van der Waals surface area contributed by atoms with Crippen molar-refractivity contribution in [2.24, 2.45) is 0 Å². The summed E-state index contributed by atoms with van der Waals surface area (Å²) in [5.41, 5.74) is 21.0. The van der Waals surface area contributed by atoms with Gasteiger partial charge >= 0.3 is 20.4 Å². The van der Waals surface area contributed by atoms with E-state index in [4.69, 9.17) is 0 Å². The van der Waals surface area contributed by atoms with E-state index >= 15 is 0 Å². The number of hydrogen-bond acceptors (Lipinski definition) is 0. The number of benzene rings is 2. The SMILES string of the molecule is CCCCCc1cc(CCCCC)cc(C2=CC=C(c3cc(CCCC)cc(CCCC)c3)[N+]2=[N-])c1.[CH2-]CCCCCCCCCCCCCCCCCCCCCCC.[CH2-]CCCCCCCCCCCCCCCCCCCCCCC.[Pd+2]. The molecule has 0 aliphatic carbocycles. The number of rotatable bonds is 58. The number of nitrogens with zero attached hydrogens (tertiary/aromatic N) is 2. The van der Waals surface area contributed by atoms with Crippen LogP contribution < -0.4 is 0 Å². The van der Waals surface area contributed by atoms with E-state index in [1.807, 2.05) is 0 Å². The fourth-order valence-electron chi connectivity index (χ4n) is 12.4. The molecule has 0 saturated carbocycles. The summed E-state index contributed by atoms with van der Waals surface area (Å²) in [5.74, 6) is 0. The van der Waals surface area contributed by atoms with Crippen LogP contribution in [-0.4, -0.2) is 4.70 Å². The van der Waals surface area contributed by atoms with Crippen molar-refractivity contribution in [3.8, 4) is 0 Å². The molecular formula is C82H146N2Pd. The van der Waals surface area contributed by atoms with Crippen molar-refractivity contribution in [2.45, 2.75) is 414 Å². The molecule has 1 aliphatic rings. The molecule has 0 spiro atoms. The Morgan fingerprint density at radius 3 is 0.624 bits per heavy atom. The maximum Gasteiger partial charge on any atom is 2.00 e. The van der Waals surface area contributed by atoms with E-state index in [1.54, 1.807) is 0 Å². The van der Waals surface area contributed by atoms with Gasteiger partial charge in [-0.15, -0.1) is 0 Å². The second kappa shape index (κ2) is 65.1. The molecule has 2 aromatic rings. The van der Waals surface area contributed by atoms with Crippen molar-refractivity contribution in [3.63, 3.8) is 0 Å². The first-order valence-electron chi connectivity index (χ1n) is 38.2. The molecule has 3 heteroatoms. The Morgan fingerprint density at radius 1 is 0.247 bits per heavy atom. The minimum absolute atomic E-state index is 0. The monoisotopic (exact) mass is 1270 g/mol. The Balaban J connectivity index is 0.00000128. The van der Waals surface area contributed by atoms with Crippen LogP contribution >= 0.6 is 0 Å². The fraction of sp³-hybridized carbons (Fsp3) is 0.780. The second-order valence-corrected chi connectivity index (χ2v) is 26.5. The van der Waals surface area contributed by atoms with Gasteiger partial charge < -0.3 is 19.4 Å². The summed E-state index contributed by atoms with van der Waals surface area (Å²) in [5, 5.41) is 0. The van der Waals surface area contributed by atoms with E-state index < -0.39 is 0 Å². The summed E-state index contributed by atoms with van der Waals surface area (Å²) in [6.07, 6.45) is 84.5. The van der Waals surface area contributed by atoms with E-state index in [-0.39, 0.29) is 20.4 Å². The Bertz CT molecular complexity index is 1640. The van der Waals surface area contributed by atoms with Gasteiger partial charge in [-0.1, -0.05) is 362 Å². The Hall–Kier alpha value is -1.82. The third-order valence-electron chi connectivity index (χ3n) is 18.0. The summed E-state index contributed by atoms with van der Waals surface area (Å²) in [7, 11) is 0. The first-order valence-corrected chi connectivity index (χ1v) is 38.2. The van der Waals surface area contributed by atoms with Gasteiger partial charge in [0.2, 0.25) is 11.4 Å². The molecule has 0 bridgehead atoms. The van der Waals surface area contributed by atoms with Crippen LogP contribution in [0.25, 0.3) is 16.9 Å². The van der Waals surface area contributed by atoms with Crippen molar-refractivity contribution in [2.75, 3.05) is 0 Å². The van der Waals surface area contributed by atoms with E-state index in [0.29, 0.717) is 0 Å². The average Bonchev–Trinajstić information content (AvgIpc) is 3.03. The van der Waals surface area contributed by atoms with E-state index in [2.05, 4.69) is 104 Å². The van der Waals surface area contributed by atoms with Crippen LogP contribution in [0.4, 0.5) is 0 Å². The maximum absolute atomic E-state index is 11.4. The zero-order chi connectivity index (χ0) is 60.9. The summed E-state index contributed by atoms with van der Waals surface area (Å²) in [4.78, 5) is 0. The summed E-state index contributed by atoms with van der Waals surface area (Å²) < 4.78 is 1.43. The van der Waals surface area contributed by atoms with Gasteiger partial charge in [0, 0.05) is 23.3 Å². The third-order valence-corrected chi connectivity index (χ3v) is 18.0. The first kappa shape index (κ1) is 83.2. The van der Waals surface area contributed by atoms with Gasteiger partial charge in [-0.2, -0.15) is 12.8 Å². The third kappa shape index (κ3) is 49.6. The molecule has 0 radical (unpaired) electrons. The molecule has 0 saturated heterocycles. The molecule has 1 heterocycles. The number of aryl methyl sites for hydroxylation is 4. The smallest absolute Gasteiger partial charge is 0.493 e. The Kier molecular flexibility index (Phi) is 63.8. The van der Waals surface area contributed by atoms with Gasteiger partial charge in [-0.3, -0.25) is 0 Å². The molecule has 0 amide bonds. The largest absolute Gasteiger partial charge is 2.00 e.